The monoisotopic (exact) mass is 192 g/mol. The van der Waals surface area contributed by atoms with Crippen molar-refractivity contribution in [2.45, 2.75) is 39.5 Å². The van der Waals surface area contributed by atoms with Crippen molar-refractivity contribution in [1.82, 2.24) is 0 Å². The average Bonchev–Trinajstić information content (AvgIpc) is 2.19. The van der Waals surface area contributed by atoms with Crippen LogP contribution in [0.2, 0.25) is 0 Å². The fourth-order valence-electron chi connectivity index (χ4n) is 1.71. The van der Waals surface area contributed by atoms with E-state index in [2.05, 4.69) is 6.92 Å². The third-order valence-electron chi connectivity index (χ3n) is 2.59. The zero-order chi connectivity index (χ0) is 10.6. The van der Waals surface area contributed by atoms with Gasteiger partial charge in [0.15, 0.2) is 0 Å². The highest BCUT2D eigenvalue weighted by Gasteiger charge is 2.05. The molecule has 0 bridgehead atoms. The van der Waals surface area contributed by atoms with E-state index in [-0.39, 0.29) is 5.82 Å². The quantitative estimate of drug-likeness (QED) is 0.640. The molecule has 1 rings (SSSR count). The standard InChI is InChI=1S/C12H18BF/c1-3-5-6-9-7-10(4-2)12(14)11(13)8-9/h7-8H,3-6,13H2,1-2H3. The van der Waals surface area contributed by atoms with E-state index < -0.39 is 0 Å². The van der Waals surface area contributed by atoms with E-state index in [0.717, 1.165) is 23.9 Å². The van der Waals surface area contributed by atoms with Crippen LogP contribution in [0.4, 0.5) is 4.39 Å². The summed E-state index contributed by atoms with van der Waals surface area (Å²) in [4.78, 5) is 0. The Bertz CT molecular complexity index is 307. The molecule has 0 saturated carbocycles. The van der Waals surface area contributed by atoms with Crippen molar-refractivity contribution in [1.29, 1.82) is 0 Å². The lowest BCUT2D eigenvalue weighted by molar-refractivity contribution is 0.619. The average molecular weight is 192 g/mol. The van der Waals surface area contributed by atoms with Crippen molar-refractivity contribution >= 4 is 13.3 Å². The molecule has 0 aliphatic carbocycles. The fraction of sp³-hybridized carbons (Fsp3) is 0.500. The Balaban J connectivity index is 2.91. The van der Waals surface area contributed by atoms with Gasteiger partial charge in [0.05, 0.1) is 0 Å². The molecule has 0 N–H and O–H groups in total. The van der Waals surface area contributed by atoms with Crippen LogP contribution in [0.25, 0.3) is 0 Å². The predicted molar refractivity (Wildman–Crippen MR) is 62.6 cm³/mol. The molecule has 0 spiro atoms. The third kappa shape index (κ3) is 2.60. The van der Waals surface area contributed by atoms with Crippen molar-refractivity contribution in [3.63, 3.8) is 0 Å². The molecule has 0 aliphatic rings. The van der Waals surface area contributed by atoms with Crippen molar-refractivity contribution in [2.75, 3.05) is 0 Å². The van der Waals surface area contributed by atoms with Gasteiger partial charge in [-0.15, -0.1) is 0 Å². The number of aryl methyl sites for hydroxylation is 2. The van der Waals surface area contributed by atoms with E-state index in [1.165, 1.54) is 18.4 Å². The van der Waals surface area contributed by atoms with Gasteiger partial charge in [-0.05, 0) is 30.4 Å². The second-order valence-electron chi connectivity index (χ2n) is 3.84. The molecule has 0 saturated heterocycles. The second-order valence-corrected chi connectivity index (χ2v) is 3.84. The zero-order valence-electron chi connectivity index (χ0n) is 9.36. The summed E-state index contributed by atoms with van der Waals surface area (Å²) in [6.45, 7) is 4.18. The lowest BCUT2D eigenvalue weighted by Crippen LogP contribution is -2.12. The molecule has 0 aliphatic heterocycles. The van der Waals surface area contributed by atoms with E-state index in [1.807, 2.05) is 26.9 Å². The minimum Gasteiger partial charge on any atom is -0.207 e. The first-order valence-corrected chi connectivity index (χ1v) is 5.47. The normalized spacial score (nSPS) is 10.5. The predicted octanol–water partition coefficient (Wildman–Crippen LogP) is 1.99. The topological polar surface area (TPSA) is 0 Å². The number of halogens is 1. The fourth-order valence-corrected chi connectivity index (χ4v) is 1.71. The molecule has 1 aromatic rings. The van der Waals surface area contributed by atoms with Crippen LogP contribution in [0.3, 0.4) is 0 Å². The molecule has 0 amide bonds. The van der Waals surface area contributed by atoms with E-state index in [1.54, 1.807) is 0 Å². The Morgan fingerprint density at radius 2 is 2.00 bits per heavy atom. The molecule has 0 heterocycles. The van der Waals surface area contributed by atoms with Crippen molar-refractivity contribution in [3.8, 4) is 0 Å². The lowest BCUT2D eigenvalue weighted by Gasteiger charge is -2.08. The minimum absolute atomic E-state index is 0.0206. The third-order valence-corrected chi connectivity index (χ3v) is 2.59. The molecular weight excluding hydrogens is 174 g/mol. The van der Waals surface area contributed by atoms with E-state index >= 15 is 0 Å². The maximum Gasteiger partial charge on any atom is 0.143 e. The molecule has 0 nitrogen and oxygen atoms in total. The first kappa shape index (κ1) is 11.3. The SMILES string of the molecule is Bc1cc(CCCC)cc(CC)c1F. The summed E-state index contributed by atoms with van der Waals surface area (Å²) in [5.41, 5.74) is 2.93. The van der Waals surface area contributed by atoms with Crippen molar-refractivity contribution in [2.24, 2.45) is 0 Å². The molecule has 1 aromatic carbocycles. The first-order valence-electron chi connectivity index (χ1n) is 5.47. The Labute approximate surface area is 86.9 Å². The van der Waals surface area contributed by atoms with Crippen LogP contribution in [0.5, 0.6) is 0 Å². The van der Waals surface area contributed by atoms with Gasteiger partial charge >= 0.3 is 0 Å². The minimum atomic E-state index is -0.0206. The Morgan fingerprint density at radius 3 is 2.57 bits per heavy atom. The largest absolute Gasteiger partial charge is 0.207 e. The lowest BCUT2D eigenvalue weighted by atomic mass is 9.89. The Morgan fingerprint density at radius 1 is 1.29 bits per heavy atom. The highest BCUT2D eigenvalue weighted by molar-refractivity contribution is 6.32. The summed E-state index contributed by atoms with van der Waals surface area (Å²) in [5.74, 6) is -0.0206. The summed E-state index contributed by atoms with van der Waals surface area (Å²) in [6, 6.07) is 3.99. The molecule has 0 unspecified atom stereocenters. The van der Waals surface area contributed by atoms with Crippen LogP contribution in [-0.2, 0) is 12.8 Å². The second kappa shape index (κ2) is 5.18. The van der Waals surface area contributed by atoms with Gasteiger partial charge in [0.2, 0.25) is 0 Å². The van der Waals surface area contributed by atoms with E-state index in [4.69, 9.17) is 0 Å². The van der Waals surface area contributed by atoms with Crippen LogP contribution < -0.4 is 5.46 Å². The molecule has 0 fully saturated rings. The number of benzene rings is 1. The first-order chi connectivity index (χ1) is 6.69. The van der Waals surface area contributed by atoms with Crippen LogP contribution in [0.1, 0.15) is 37.8 Å². The highest BCUT2D eigenvalue weighted by atomic mass is 19.1. The number of hydrogen-bond acceptors (Lipinski definition) is 0. The van der Waals surface area contributed by atoms with Gasteiger partial charge in [-0.1, -0.05) is 37.9 Å². The number of unbranched alkanes of at least 4 members (excludes halogenated alkanes) is 1. The van der Waals surface area contributed by atoms with Gasteiger partial charge < -0.3 is 0 Å². The summed E-state index contributed by atoms with van der Waals surface area (Å²) in [7, 11) is 1.85. The van der Waals surface area contributed by atoms with Gasteiger partial charge in [-0.25, -0.2) is 4.39 Å². The van der Waals surface area contributed by atoms with Crippen LogP contribution in [0.15, 0.2) is 12.1 Å². The van der Waals surface area contributed by atoms with Gasteiger partial charge in [0.1, 0.15) is 13.7 Å². The smallest absolute Gasteiger partial charge is 0.143 e. The maximum atomic E-state index is 13.5. The van der Waals surface area contributed by atoms with Crippen molar-refractivity contribution in [3.05, 3.63) is 29.1 Å². The Kier molecular flexibility index (Phi) is 4.18. The molecule has 0 radical (unpaired) electrons. The van der Waals surface area contributed by atoms with Crippen molar-refractivity contribution < 1.29 is 4.39 Å². The van der Waals surface area contributed by atoms with E-state index in [0.29, 0.717) is 0 Å². The van der Waals surface area contributed by atoms with Crippen LogP contribution in [-0.4, -0.2) is 7.85 Å². The van der Waals surface area contributed by atoms with Crippen LogP contribution in [0, 0.1) is 5.82 Å². The van der Waals surface area contributed by atoms with Crippen LogP contribution >= 0.6 is 0 Å². The maximum absolute atomic E-state index is 13.5. The summed E-state index contributed by atoms with van der Waals surface area (Å²) in [5, 5.41) is 0. The number of hydrogen-bond donors (Lipinski definition) is 0. The molecule has 2 heteroatoms. The van der Waals surface area contributed by atoms with Gasteiger partial charge in [-0.3, -0.25) is 0 Å². The number of rotatable bonds is 4. The van der Waals surface area contributed by atoms with Gasteiger partial charge in [0.25, 0.3) is 0 Å². The van der Waals surface area contributed by atoms with Gasteiger partial charge in [-0.2, -0.15) is 0 Å². The summed E-state index contributed by atoms with van der Waals surface area (Å²) in [6.07, 6.45) is 4.24. The van der Waals surface area contributed by atoms with Gasteiger partial charge in [0, 0.05) is 0 Å². The summed E-state index contributed by atoms with van der Waals surface area (Å²) < 4.78 is 13.5. The molecule has 0 atom stereocenters. The van der Waals surface area contributed by atoms with E-state index in [9.17, 15) is 4.39 Å². The molecule has 14 heavy (non-hydrogen) atoms. The Hall–Kier alpha value is -0.785. The highest BCUT2D eigenvalue weighted by Crippen LogP contribution is 2.11. The molecule has 0 aromatic heterocycles. The molecule has 76 valence electrons. The summed E-state index contributed by atoms with van der Waals surface area (Å²) >= 11 is 0. The molecular formula is C12H18BF. The zero-order valence-corrected chi connectivity index (χ0v) is 9.36.